The van der Waals surface area contributed by atoms with E-state index in [1.165, 1.54) is 11.8 Å². The second-order valence-electron chi connectivity index (χ2n) is 6.94. The largest absolute Gasteiger partial charge is 0.480 e. The highest BCUT2D eigenvalue weighted by molar-refractivity contribution is 8.05. The molecule has 2 fully saturated rings. The van der Waals surface area contributed by atoms with Gasteiger partial charge in [-0.25, -0.2) is 0 Å². The van der Waals surface area contributed by atoms with Gasteiger partial charge in [0.15, 0.2) is 0 Å². The fraction of sp³-hybridized carbons (Fsp3) is 0.667. The fourth-order valence-electron chi connectivity index (χ4n) is 3.10. The monoisotopic (exact) mass is 333 g/mol. The molecule has 2 aliphatic carbocycles. The van der Waals surface area contributed by atoms with Gasteiger partial charge in [-0.2, -0.15) is 0 Å². The van der Waals surface area contributed by atoms with Gasteiger partial charge in [-0.15, -0.1) is 0 Å². The van der Waals surface area contributed by atoms with Crippen LogP contribution in [0.5, 0.6) is 0 Å². The van der Waals surface area contributed by atoms with Crippen LogP contribution in [0.4, 0.5) is 0 Å². The SMILES string of the molecule is CC1CCC(C(=O)NC2C=C(C#CC3CC3)SC2C(=O)O)CC1. The molecule has 0 radical (unpaired) electrons. The molecule has 0 aromatic carbocycles. The quantitative estimate of drug-likeness (QED) is 0.780. The van der Waals surface area contributed by atoms with E-state index in [2.05, 4.69) is 24.1 Å². The van der Waals surface area contributed by atoms with Gasteiger partial charge in [0.1, 0.15) is 5.25 Å². The summed E-state index contributed by atoms with van der Waals surface area (Å²) in [5.41, 5.74) is 0. The maximum absolute atomic E-state index is 12.4. The number of nitrogens with one attached hydrogen (secondary N) is 1. The van der Waals surface area contributed by atoms with E-state index in [-0.39, 0.29) is 11.8 Å². The van der Waals surface area contributed by atoms with Crippen LogP contribution in [-0.2, 0) is 9.59 Å². The molecule has 0 saturated heterocycles. The van der Waals surface area contributed by atoms with Crippen LogP contribution in [0.2, 0.25) is 0 Å². The van der Waals surface area contributed by atoms with Crippen LogP contribution >= 0.6 is 11.8 Å². The summed E-state index contributed by atoms with van der Waals surface area (Å²) < 4.78 is 0. The third-order valence-corrected chi connectivity index (χ3v) is 6.07. The van der Waals surface area contributed by atoms with Crippen LogP contribution < -0.4 is 5.32 Å². The molecule has 2 unspecified atom stereocenters. The Morgan fingerprint density at radius 1 is 1.22 bits per heavy atom. The second-order valence-corrected chi connectivity index (χ2v) is 8.13. The molecule has 0 aromatic rings. The zero-order chi connectivity index (χ0) is 16.4. The zero-order valence-electron chi connectivity index (χ0n) is 13.4. The number of carbonyl (C=O) groups is 2. The lowest BCUT2D eigenvalue weighted by molar-refractivity contribution is -0.136. The lowest BCUT2D eigenvalue weighted by atomic mass is 9.82. The van der Waals surface area contributed by atoms with Crippen molar-refractivity contribution in [2.24, 2.45) is 17.8 Å². The van der Waals surface area contributed by atoms with Crippen molar-refractivity contribution in [3.8, 4) is 11.8 Å². The van der Waals surface area contributed by atoms with Crippen LogP contribution in [-0.4, -0.2) is 28.3 Å². The van der Waals surface area contributed by atoms with Gasteiger partial charge in [0.05, 0.1) is 10.9 Å². The standard InChI is InChI=1S/C18H23NO3S/c1-11-2-7-13(8-3-11)17(20)19-15-10-14(9-6-12-4-5-12)23-16(15)18(21)22/h10-13,15-16H,2-5,7-8H2,1H3,(H,19,20)(H,21,22). The lowest BCUT2D eigenvalue weighted by Gasteiger charge is -2.27. The normalized spacial score (nSPS) is 33.3. The summed E-state index contributed by atoms with van der Waals surface area (Å²) in [6.45, 7) is 2.22. The first-order valence-corrected chi connectivity index (χ1v) is 9.34. The smallest absolute Gasteiger partial charge is 0.319 e. The average Bonchev–Trinajstić information content (AvgIpc) is 3.26. The lowest BCUT2D eigenvalue weighted by Crippen LogP contribution is -2.45. The van der Waals surface area contributed by atoms with Crippen molar-refractivity contribution in [2.45, 2.75) is 56.7 Å². The first kappa shape index (κ1) is 16.4. The van der Waals surface area contributed by atoms with Crippen molar-refractivity contribution < 1.29 is 14.7 Å². The van der Waals surface area contributed by atoms with Crippen molar-refractivity contribution >= 4 is 23.6 Å². The Bertz CT molecular complexity index is 577. The maximum atomic E-state index is 12.4. The predicted molar refractivity (Wildman–Crippen MR) is 90.7 cm³/mol. The van der Waals surface area contributed by atoms with E-state index < -0.39 is 17.3 Å². The molecule has 23 heavy (non-hydrogen) atoms. The summed E-state index contributed by atoms with van der Waals surface area (Å²) in [6.07, 6.45) is 8.08. The van der Waals surface area contributed by atoms with Crippen LogP contribution in [0, 0.1) is 29.6 Å². The number of amides is 1. The van der Waals surface area contributed by atoms with Gasteiger partial charge >= 0.3 is 5.97 Å². The molecule has 2 atom stereocenters. The van der Waals surface area contributed by atoms with Crippen molar-refractivity contribution in [1.82, 2.24) is 5.32 Å². The van der Waals surface area contributed by atoms with Gasteiger partial charge in [0.25, 0.3) is 0 Å². The molecule has 2 saturated carbocycles. The zero-order valence-corrected chi connectivity index (χ0v) is 14.2. The number of aliphatic carboxylic acids is 1. The third kappa shape index (κ3) is 4.32. The number of carbonyl (C=O) groups excluding carboxylic acids is 1. The second kappa shape index (κ2) is 7.00. The highest BCUT2D eigenvalue weighted by atomic mass is 32.2. The molecule has 0 spiro atoms. The Balaban J connectivity index is 1.62. The molecular formula is C18H23NO3S. The summed E-state index contributed by atoms with van der Waals surface area (Å²) in [5.74, 6) is 6.55. The highest BCUT2D eigenvalue weighted by Gasteiger charge is 2.36. The summed E-state index contributed by atoms with van der Waals surface area (Å²) in [6, 6.07) is -0.451. The van der Waals surface area contributed by atoms with E-state index in [1.807, 2.05) is 6.08 Å². The van der Waals surface area contributed by atoms with Crippen molar-refractivity contribution in [3.63, 3.8) is 0 Å². The van der Waals surface area contributed by atoms with Crippen LogP contribution in [0.15, 0.2) is 11.0 Å². The number of hydrogen-bond donors (Lipinski definition) is 2. The Hall–Kier alpha value is -1.41. The maximum Gasteiger partial charge on any atom is 0.319 e. The molecule has 124 valence electrons. The third-order valence-electron chi connectivity index (χ3n) is 4.83. The minimum atomic E-state index is -0.892. The molecule has 0 aromatic heterocycles. The van der Waals surface area contributed by atoms with Gasteiger partial charge in [-0.3, -0.25) is 9.59 Å². The molecule has 1 aliphatic heterocycles. The summed E-state index contributed by atoms with van der Waals surface area (Å²) >= 11 is 1.26. The Kier molecular flexibility index (Phi) is 5.01. The first-order chi connectivity index (χ1) is 11.0. The van der Waals surface area contributed by atoms with Crippen molar-refractivity contribution in [3.05, 3.63) is 11.0 Å². The Morgan fingerprint density at radius 2 is 1.91 bits per heavy atom. The van der Waals surface area contributed by atoms with E-state index in [9.17, 15) is 14.7 Å². The molecule has 4 nitrogen and oxygen atoms in total. The Labute approximate surface area is 141 Å². The van der Waals surface area contributed by atoms with E-state index in [1.54, 1.807) is 0 Å². The number of allylic oxidation sites excluding steroid dienone is 1. The average molecular weight is 333 g/mol. The van der Waals surface area contributed by atoms with E-state index in [0.29, 0.717) is 11.8 Å². The number of hydrogen-bond acceptors (Lipinski definition) is 3. The van der Waals surface area contributed by atoms with Crippen LogP contribution in [0.1, 0.15) is 45.4 Å². The number of rotatable bonds is 3. The number of carboxylic acid groups (broad SMARTS) is 1. The van der Waals surface area contributed by atoms with E-state index in [4.69, 9.17) is 0 Å². The Morgan fingerprint density at radius 3 is 2.52 bits per heavy atom. The van der Waals surface area contributed by atoms with Crippen LogP contribution in [0.3, 0.4) is 0 Å². The van der Waals surface area contributed by atoms with Crippen molar-refractivity contribution in [1.29, 1.82) is 0 Å². The minimum absolute atomic E-state index is 0.00130. The summed E-state index contributed by atoms with van der Waals surface area (Å²) in [5, 5.41) is 11.7. The molecule has 2 N–H and O–H groups in total. The van der Waals surface area contributed by atoms with Gasteiger partial charge in [-0.1, -0.05) is 30.5 Å². The summed E-state index contributed by atoms with van der Waals surface area (Å²) in [4.78, 5) is 24.7. The molecule has 5 heteroatoms. The number of thioether (sulfide) groups is 1. The molecule has 3 aliphatic rings. The predicted octanol–water partition coefficient (Wildman–Crippen LogP) is 2.79. The van der Waals surface area contributed by atoms with E-state index in [0.717, 1.165) is 43.4 Å². The van der Waals surface area contributed by atoms with Gasteiger partial charge in [0.2, 0.25) is 5.91 Å². The fourth-order valence-corrected chi connectivity index (χ4v) is 4.11. The first-order valence-electron chi connectivity index (χ1n) is 8.46. The topological polar surface area (TPSA) is 66.4 Å². The molecule has 0 bridgehead atoms. The minimum Gasteiger partial charge on any atom is -0.480 e. The van der Waals surface area contributed by atoms with Gasteiger partial charge in [-0.05, 0) is 50.5 Å². The molecular weight excluding hydrogens is 310 g/mol. The van der Waals surface area contributed by atoms with Gasteiger partial charge < -0.3 is 10.4 Å². The van der Waals surface area contributed by atoms with Crippen LogP contribution in [0.25, 0.3) is 0 Å². The summed E-state index contributed by atoms with van der Waals surface area (Å²) in [7, 11) is 0. The number of carboxylic acids is 1. The molecule has 3 rings (SSSR count). The van der Waals surface area contributed by atoms with Gasteiger partial charge in [0, 0.05) is 11.8 Å². The van der Waals surface area contributed by atoms with E-state index >= 15 is 0 Å². The highest BCUT2D eigenvalue weighted by Crippen LogP contribution is 2.35. The molecule has 1 amide bonds. The molecule has 1 heterocycles. The van der Waals surface area contributed by atoms with Crippen molar-refractivity contribution in [2.75, 3.05) is 0 Å².